The van der Waals surface area contributed by atoms with Gasteiger partial charge in [-0.05, 0) is 64.3 Å². The van der Waals surface area contributed by atoms with Crippen molar-refractivity contribution in [1.29, 1.82) is 0 Å². The van der Waals surface area contributed by atoms with E-state index < -0.39 is 11.1 Å². The third kappa shape index (κ3) is 3.49. The van der Waals surface area contributed by atoms with E-state index in [1.807, 2.05) is 0 Å². The monoisotopic (exact) mass is 410 g/mol. The molecule has 8 heteroatoms. The minimum absolute atomic E-state index is 0.0939. The molecule has 0 bridgehead atoms. The van der Waals surface area contributed by atoms with Gasteiger partial charge in [0, 0.05) is 13.1 Å². The summed E-state index contributed by atoms with van der Waals surface area (Å²) < 4.78 is 0.500. The van der Waals surface area contributed by atoms with Crippen molar-refractivity contribution in [3.8, 4) is 5.75 Å². The zero-order valence-electron chi connectivity index (χ0n) is 12.7. The molecular formula is C16H15BrN2O4S. The number of benzene rings is 1. The molecule has 0 saturated carbocycles. The van der Waals surface area contributed by atoms with E-state index in [1.54, 1.807) is 23.1 Å². The fraction of sp³-hybridized carbons (Fsp3) is 0.312. The van der Waals surface area contributed by atoms with Crippen LogP contribution in [0.4, 0.5) is 4.79 Å². The topological polar surface area (TPSA) is 77.9 Å². The number of hydrogen-bond acceptors (Lipinski definition) is 5. The first kappa shape index (κ1) is 17.0. The van der Waals surface area contributed by atoms with Gasteiger partial charge < -0.3 is 10.0 Å². The molecule has 2 aliphatic rings. The zero-order chi connectivity index (χ0) is 17.3. The van der Waals surface area contributed by atoms with Crippen molar-refractivity contribution in [2.45, 2.75) is 12.8 Å². The Morgan fingerprint density at radius 2 is 2.00 bits per heavy atom. The lowest BCUT2D eigenvalue weighted by atomic mass is 10.2. The predicted molar refractivity (Wildman–Crippen MR) is 94.3 cm³/mol. The molecule has 6 nitrogen and oxygen atoms in total. The zero-order valence-corrected chi connectivity index (χ0v) is 15.1. The van der Waals surface area contributed by atoms with Gasteiger partial charge in [-0.2, -0.15) is 0 Å². The van der Waals surface area contributed by atoms with Gasteiger partial charge in [-0.15, -0.1) is 0 Å². The molecule has 2 aliphatic heterocycles. The molecule has 0 aromatic heterocycles. The molecule has 1 aromatic rings. The number of imide groups is 1. The molecule has 1 aromatic carbocycles. The van der Waals surface area contributed by atoms with Gasteiger partial charge in [0.05, 0.1) is 9.38 Å². The van der Waals surface area contributed by atoms with Crippen molar-refractivity contribution in [2.24, 2.45) is 0 Å². The van der Waals surface area contributed by atoms with Crippen molar-refractivity contribution in [3.05, 3.63) is 33.1 Å². The second kappa shape index (κ2) is 6.98. The number of carbonyl (C=O) groups excluding carboxylic acids is 3. The second-order valence-corrected chi connectivity index (χ2v) is 7.41. The molecule has 2 heterocycles. The second-order valence-electron chi connectivity index (χ2n) is 5.57. The third-order valence-corrected chi connectivity index (χ3v) is 5.44. The van der Waals surface area contributed by atoms with Crippen LogP contribution in [0.2, 0.25) is 0 Å². The number of thioether (sulfide) groups is 1. The molecule has 0 atom stereocenters. The molecule has 3 rings (SSSR count). The number of phenolic OH excluding ortho intramolecular Hbond substituents is 1. The summed E-state index contributed by atoms with van der Waals surface area (Å²) in [5.41, 5.74) is 0.677. The van der Waals surface area contributed by atoms with E-state index in [9.17, 15) is 19.5 Å². The van der Waals surface area contributed by atoms with Crippen LogP contribution in [0.25, 0.3) is 6.08 Å². The van der Waals surface area contributed by atoms with E-state index in [2.05, 4.69) is 15.9 Å². The Morgan fingerprint density at radius 3 is 2.67 bits per heavy atom. The average molecular weight is 411 g/mol. The van der Waals surface area contributed by atoms with Crippen LogP contribution < -0.4 is 0 Å². The SMILES string of the molecule is O=C(CN1C(=O)S/C(=C\c2ccc(O)c(Br)c2)C1=O)N1CCCC1. The smallest absolute Gasteiger partial charge is 0.294 e. The summed E-state index contributed by atoms with van der Waals surface area (Å²) in [6.07, 6.45) is 3.50. The molecule has 3 amide bonds. The van der Waals surface area contributed by atoms with E-state index in [1.165, 1.54) is 6.07 Å². The molecule has 0 aliphatic carbocycles. The maximum Gasteiger partial charge on any atom is 0.294 e. The Hall–Kier alpha value is -1.80. The minimum atomic E-state index is -0.457. The molecule has 0 unspecified atom stereocenters. The highest BCUT2D eigenvalue weighted by Crippen LogP contribution is 2.33. The number of likely N-dealkylation sites (tertiary alicyclic amines) is 1. The van der Waals surface area contributed by atoms with E-state index in [-0.39, 0.29) is 23.1 Å². The summed E-state index contributed by atoms with van der Waals surface area (Å²) in [4.78, 5) is 39.6. The van der Waals surface area contributed by atoms with Crippen LogP contribution in [0.5, 0.6) is 5.75 Å². The lowest BCUT2D eigenvalue weighted by molar-refractivity contribution is -0.135. The summed E-state index contributed by atoms with van der Waals surface area (Å²) in [5, 5.41) is 9.07. The molecule has 2 saturated heterocycles. The van der Waals surface area contributed by atoms with Gasteiger partial charge in [-0.3, -0.25) is 19.3 Å². The van der Waals surface area contributed by atoms with Gasteiger partial charge in [-0.25, -0.2) is 0 Å². The fourth-order valence-corrected chi connectivity index (χ4v) is 3.84. The first-order chi connectivity index (χ1) is 11.5. The number of phenols is 1. The maximum absolute atomic E-state index is 12.4. The summed E-state index contributed by atoms with van der Waals surface area (Å²) >= 11 is 4.03. The summed E-state index contributed by atoms with van der Waals surface area (Å²) in [7, 11) is 0. The molecule has 1 N–H and O–H groups in total. The van der Waals surface area contributed by atoms with Crippen molar-refractivity contribution >= 4 is 50.8 Å². The number of aromatic hydroxyl groups is 1. The lowest BCUT2D eigenvalue weighted by Crippen LogP contribution is -2.40. The van der Waals surface area contributed by atoms with Gasteiger partial charge in [0.25, 0.3) is 11.1 Å². The van der Waals surface area contributed by atoms with Crippen LogP contribution in [0.15, 0.2) is 27.6 Å². The van der Waals surface area contributed by atoms with Crippen molar-refractivity contribution in [2.75, 3.05) is 19.6 Å². The fourth-order valence-electron chi connectivity index (χ4n) is 2.60. The number of halogens is 1. The predicted octanol–water partition coefficient (Wildman–Crippen LogP) is 2.81. The molecule has 0 radical (unpaired) electrons. The first-order valence-electron chi connectivity index (χ1n) is 7.47. The molecule has 2 fully saturated rings. The maximum atomic E-state index is 12.4. The molecule has 0 spiro atoms. The van der Waals surface area contributed by atoms with Crippen LogP contribution >= 0.6 is 27.7 Å². The van der Waals surface area contributed by atoms with Crippen molar-refractivity contribution in [3.63, 3.8) is 0 Å². The number of carbonyl (C=O) groups is 3. The van der Waals surface area contributed by atoms with Crippen molar-refractivity contribution in [1.82, 2.24) is 9.80 Å². The highest BCUT2D eigenvalue weighted by atomic mass is 79.9. The number of rotatable bonds is 3. The third-order valence-electron chi connectivity index (χ3n) is 3.90. The Morgan fingerprint density at radius 1 is 1.29 bits per heavy atom. The summed E-state index contributed by atoms with van der Waals surface area (Å²) in [5.74, 6) is -0.554. The van der Waals surface area contributed by atoms with E-state index in [4.69, 9.17) is 0 Å². The number of nitrogens with zero attached hydrogens (tertiary/aromatic N) is 2. The average Bonchev–Trinajstić information content (AvgIpc) is 3.16. The lowest BCUT2D eigenvalue weighted by Gasteiger charge is -2.18. The van der Waals surface area contributed by atoms with E-state index in [0.29, 0.717) is 23.1 Å². The highest BCUT2D eigenvalue weighted by molar-refractivity contribution is 9.10. The summed E-state index contributed by atoms with van der Waals surface area (Å²) in [6.45, 7) is 1.17. The van der Waals surface area contributed by atoms with Crippen LogP contribution in [0.3, 0.4) is 0 Å². The van der Waals surface area contributed by atoms with Crippen molar-refractivity contribution < 1.29 is 19.5 Å². The first-order valence-corrected chi connectivity index (χ1v) is 9.08. The largest absolute Gasteiger partial charge is 0.507 e. The van der Waals surface area contributed by atoms with E-state index in [0.717, 1.165) is 29.5 Å². The van der Waals surface area contributed by atoms with Gasteiger partial charge in [0.15, 0.2) is 0 Å². The van der Waals surface area contributed by atoms with Gasteiger partial charge in [0.1, 0.15) is 12.3 Å². The quantitative estimate of drug-likeness (QED) is 0.775. The van der Waals surface area contributed by atoms with Crippen LogP contribution in [-0.4, -0.2) is 51.6 Å². The standard InChI is InChI=1S/C16H15BrN2O4S/c17-11-7-10(3-4-12(11)20)8-13-15(22)19(16(23)24-13)9-14(21)18-5-1-2-6-18/h3-4,7-8,20H,1-2,5-6,9H2/b13-8-. The van der Waals surface area contributed by atoms with Gasteiger partial charge in [0.2, 0.25) is 5.91 Å². The minimum Gasteiger partial charge on any atom is -0.507 e. The number of amides is 3. The van der Waals surface area contributed by atoms with Gasteiger partial charge in [-0.1, -0.05) is 6.07 Å². The van der Waals surface area contributed by atoms with Crippen LogP contribution in [0, 0.1) is 0 Å². The van der Waals surface area contributed by atoms with Crippen LogP contribution in [0.1, 0.15) is 18.4 Å². The molecular weight excluding hydrogens is 396 g/mol. The Kier molecular flexibility index (Phi) is 4.96. The Balaban J connectivity index is 1.74. The normalized spacial score (nSPS) is 19.6. The molecule has 24 heavy (non-hydrogen) atoms. The highest BCUT2D eigenvalue weighted by Gasteiger charge is 2.37. The van der Waals surface area contributed by atoms with Gasteiger partial charge >= 0.3 is 0 Å². The number of hydrogen-bond donors (Lipinski definition) is 1. The van der Waals surface area contributed by atoms with E-state index >= 15 is 0 Å². The van der Waals surface area contributed by atoms with Crippen LogP contribution in [-0.2, 0) is 9.59 Å². The Labute approximate surface area is 151 Å². The Bertz CT molecular complexity index is 744. The molecule has 126 valence electrons. The summed E-state index contributed by atoms with van der Waals surface area (Å²) in [6, 6.07) is 4.79.